The van der Waals surface area contributed by atoms with Crippen molar-refractivity contribution in [2.45, 2.75) is 31.7 Å². The fourth-order valence-electron chi connectivity index (χ4n) is 2.40. The minimum Gasteiger partial charge on any atom is -0.354 e. The van der Waals surface area contributed by atoms with Crippen LogP contribution in [0.5, 0.6) is 0 Å². The van der Waals surface area contributed by atoms with Gasteiger partial charge in [-0.1, -0.05) is 0 Å². The predicted octanol–water partition coefficient (Wildman–Crippen LogP) is 0.603. The number of nitrogens with zero attached hydrogens (tertiary/aromatic N) is 2. The largest absolute Gasteiger partial charge is 0.354 e. The van der Waals surface area contributed by atoms with Crippen LogP contribution in [0.4, 0.5) is 0 Å². The molecular formula is C13H20N4O2S. The first-order valence-corrected chi connectivity index (χ1v) is 7.82. The van der Waals surface area contributed by atoms with Gasteiger partial charge < -0.3 is 16.0 Å². The van der Waals surface area contributed by atoms with Crippen molar-refractivity contribution >= 4 is 23.2 Å². The molecule has 2 amide bonds. The van der Waals surface area contributed by atoms with Gasteiger partial charge in [-0.15, -0.1) is 11.3 Å². The van der Waals surface area contributed by atoms with Gasteiger partial charge in [0.25, 0.3) is 5.91 Å². The van der Waals surface area contributed by atoms with Crippen LogP contribution in [0, 0.1) is 0 Å². The van der Waals surface area contributed by atoms with Crippen LogP contribution < -0.4 is 11.1 Å². The maximum absolute atomic E-state index is 12.4. The second-order valence-electron chi connectivity index (χ2n) is 4.86. The second kappa shape index (κ2) is 7.35. The summed E-state index contributed by atoms with van der Waals surface area (Å²) in [7, 11) is 0. The molecule has 1 aliphatic rings. The fraction of sp³-hybridized carbons (Fsp3) is 0.615. The quantitative estimate of drug-likeness (QED) is 0.833. The predicted molar refractivity (Wildman–Crippen MR) is 77.5 cm³/mol. The Morgan fingerprint density at radius 3 is 3.05 bits per heavy atom. The van der Waals surface area contributed by atoms with E-state index < -0.39 is 0 Å². The number of hydrogen-bond acceptors (Lipinski definition) is 5. The Kier molecular flexibility index (Phi) is 5.49. The molecule has 0 saturated carbocycles. The molecule has 20 heavy (non-hydrogen) atoms. The highest BCUT2D eigenvalue weighted by Crippen LogP contribution is 2.19. The van der Waals surface area contributed by atoms with E-state index in [2.05, 4.69) is 10.3 Å². The molecule has 0 bridgehead atoms. The minimum atomic E-state index is -0.0564. The van der Waals surface area contributed by atoms with E-state index in [0.29, 0.717) is 25.2 Å². The Morgan fingerprint density at radius 2 is 2.35 bits per heavy atom. The Balaban J connectivity index is 1.95. The first-order valence-electron chi connectivity index (χ1n) is 6.88. The molecule has 1 saturated heterocycles. The van der Waals surface area contributed by atoms with Crippen LogP contribution in [0.1, 0.15) is 36.2 Å². The summed E-state index contributed by atoms with van der Waals surface area (Å²) in [6.07, 6.45) is 3.33. The van der Waals surface area contributed by atoms with E-state index >= 15 is 0 Å². The number of aromatic nitrogens is 1. The number of carbonyl (C=O) groups is 2. The molecule has 3 N–H and O–H groups in total. The van der Waals surface area contributed by atoms with Crippen LogP contribution in [0.2, 0.25) is 0 Å². The number of amides is 2. The zero-order valence-electron chi connectivity index (χ0n) is 11.4. The summed E-state index contributed by atoms with van der Waals surface area (Å²) >= 11 is 1.42. The second-order valence-corrected chi connectivity index (χ2v) is 5.58. The highest BCUT2D eigenvalue weighted by Gasteiger charge is 2.28. The van der Waals surface area contributed by atoms with Crippen molar-refractivity contribution in [1.29, 1.82) is 0 Å². The van der Waals surface area contributed by atoms with Crippen molar-refractivity contribution in [2.24, 2.45) is 5.73 Å². The lowest BCUT2D eigenvalue weighted by molar-refractivity contribution is -0.121. The molecular weight excluding hydrogens is 276 g/mol. The number of hydrogen-bond donors (Lipinski definition) is 2. The Labute approximate surface area is 122 Å². The van der Waals surface area contributed by atoms with Crippen LogP contribution in [0.3, 0.4) is 0 Å². The summed E-state index contributed by atoms with van der Waals surface area (Å²) in [5.41, 5.74) is 7.50. The van der Waals surface area contributed by atoms with Gasteiger partial charge in [0.2, 0.25) is 5.91 Å². The summed E-state index contributed by atoms with van der Waals surface area (Å²) in [6.45, 7) is 1.57. The monoisotopic (exact) mass is 296 g/mol. The average molecular weight is 296 g/mol. The van der Waals surface area contributed by atoms with Gasteiger partial charge in [0.05, 0.1) is 5.51 Å². The van der Waals surface area contributed by atoms with Crippen LogP contribution >= 0.6 is 11.3 Å². The van der Waals surface area contributed by atoms with E-state index in [9.17, 15) is 9.59 Å². The van der Waals surface area contributed by atoms with E-state index in [1.54, 1.807) is 10.9 Å². The van der Waals surface area contributed by atoms with Crippen molar-refractivity contribution in [3.63, 3.8) is 0 Å². The van der Waals surface area contributed by atoms with E-state index in [1.807, 2.05) is 4.90 Å². The molecule has 2 rings (SSSR count). The third kappa shape index (κ3) is 3.77. The van der Waals surface area contributed by atoms with E-state index in [4.69, 9.17) is 5.73 Å². The molecule has 0 spiro atoms. The normalized spacial score (nSPS) is 18.9. The minimum absolute atomic E-state index is 0.0379. The zero-order chi connectivity index (χ0) is 14.4. The number of likely N-dealkylation sites (tertiary alicyclic amines) is 1. The van der Waals surface area contributed by atoms with Crippen molar-refractivity contribution in [3.8, 4) is 0 Å². The first-order chi connectivity index (χ1) is 9.72. The number of thiazole rings is 1. The number of piperidine rings is 1. The van der Waals surface area contributed by atoms with Gasteiger partial charge in [-0.25, -0.2) is 4.98 Å². The third-order valence-electron chi connectivity index (χ3n) is 3.45. The Morgan fingerprint density at radius 1 is 1.50 bits per heavy atom. The molecule has 1 aliphatic heterocycles. The SMILES string of the molecule is NCCC(=O)NCC1CCCCN1C(=O)c1cscn1. The number of nitrogens with two attached hydrogens (primary N) is 1. The summed E-state index contributed by atoms with van der Waals surface area (Å²) < 4.78 is 0. The molecule has 1 aromatic rings. The fourth-order valence-corrected chi connectivity index (χ4v) is 2.92. The molecule has 0 aliphatic carbocycles. The summed E-state index contributed by atoms with van der Waals surface area (Å²) in [5, 5.41) is 4.62. The van der Waals surface area contributed by atoms with Gasteiger partial charge in [-0.2, -0.15) is 0 Å². The lowest BCUT2D eigenvalue weighted by atomic mass is 10.0. The van der Waals surface area contributed by atoms with Gasteiger partial charge in [-0.05, 0) is 19.3 Å². The molecule has 0 radical (unpaired) electrons. The molecule has 7 heteroatoms. The summed E-state index contributed by atoms with van der Waals surface area (Å²) in [4.78, 5) is 29.8. The highest BCUT2D eigenvalue weighted by molar-refractivity contribution is 7.07. The highest BCUT2D eigenvalue weighted by atomic mass is 32.1. The number of rotatable bonds is 5. The number of carbonyl (C=O) groups excluding carboxylic acids is 2. The van der Waals surface area contributed by atoms with Crippen molar-refractivity contribution in [1.82, 2.24) is 15.2 Å². The molecule has 110 valence electrons. The lowest BCUT2D eigenvalue weighted by Crippen LogP contribution is -2.49. The van der Waals surface area contributed by atoms with Gasteiger partial charge >= 0.3 is 0 Å². The molecule has 1 atom stereocenters. The summed E-state index contributed by atoms with van der Waals surface area (Å²) in [6, 6.07) is 0.0553. The van der Waals surface area contributed by atoms with Gasteiger partial charge in [0.1, 0.15) is 5.69 Å². The first kappa shape index (κ1) is 14.9. The smallest absolute Gasteiger partial charge is 0.273 e. The molecule has 1 aromatic heterocycles. The van der Waals surface area contributed by atoms with Crippen LogP contribution in [0.15, 0.2) is 10.9 Å². The van der Waals surface area contributed by atoms with E-state index in [0.717, 1.165) is 25.8 Å². The average Bonchev–Trinajstić information content (AvgIpc) is 2.99. The lowest BCUT2D eigenvalue weighted by Gasteiger charge is -2.35. The maximum Gasteiger partial charge on any atom is 0.273 e. The van der Waals surface area contributed by atoms with Crippen LogP contribution in [-0.4, -0.2) is 47.4 Å². The summed E-state index contributed by atoms with van der Waals surface area (Å²) in [5.74, 6) is -0.0943. The van der Waals surface area contributed by atoms with Gasteiger partial charge in [0.15, 0.2) is 0 Å². The van der Waals surface area contributed by atoms with Crippen molar-refractivity contribution in [2.75, 3.05) is 19.6 Å². The third-order valence-corrected chi connectivity index (χ3v) is 4.03. The topological polar surface area (TPSA) is 88.3 Å². The zero-order valence-corrected chi connectivity index (χ0v) is 12.2. The number of nitrogens with one attached hydrogen (secondary N) is 1. The molecule has 0 aromatic carbocycles. The van der Waals surface area contributed by atoms with Crippen LogP contribution in [-0.2, 0) is 4.79 Å². The van der Waals surface area contributed by atoms with E-state index in [1.165, 1.54) is 11.3 Å². The van der Waals surface area contributed by atoms with Crippen molar-refractivity contribution < 1.29 is 9.59 Å². The standard InChI is InChI=1S/C13H20N4O2S/c14-5-4-12(18)15-7-10-3-1-2-6-17(10)13(19)11-8-20-9-16-11/h8-10H,1-7,14H2,(H,15,18). The van der Waals surface area contributed by atoms with Gasteiger partial charge in [-0.3, -0.25) is 9.59 Å². The van der Waals surface area contributed by atoms with E-state index in [-0.39, 0.29) is 17.9 Å². The van der Waals surface area contributed by atoms with Crippen molar-refractivity contribution in [3.05, 3.63) is 16.6 Å². The van der Waals surface area contributed by atoms with Gasteiger partial charge in [0, 0.05) is 37.5 Å². The molecule has 1 unspecified atom stereocenters. The van der Waals surface area contributed by atoms with Crippen LogP contribution in [0.25, 0.3) is 0 Å². The molecule has 6 nitrogen and oxygen atoms in total. The molecule has 2 heterocycles. The molecule has 1 fully saturated rings. The Hall–Kier alpha value is -1.47. The maximum atomic E-state index is 12.4. The Bertz CT molecular complexity index is 449.